The van der Waals surface area contributed by atoms with Gasteiger partial charge >= 0.3 is 0 Å². The van der Waals surface area contributed by atoms with Gasteiger partial charge in [0.25, 0.3) is 0 Å². The maximum absolute atomic E-state index is 11.1. The topological polar surface area (TPSA) is 84.2 Å². The molecular weight excluding hydrogens is 201 g/mol. The Labute approximate surface area is 86.4 Å². The molecule has 0 spiro atoms. The molecule has 0 bridgehead atoms. The lowest BCUT2D eigenvalue weighted by molar-refractivity contribution is -0.120. The van der Waals surface area contributed by atoms with E-state index in [9.17, 15) is 9.59 Å². The summed E-state index contributed by atoms with van der Waals surface area (Å²) >= 11 is 0. The summed E-state index contributed by atoms with van der Waals surface area (Å²) in [4.78, 5) is 21.7. The number of unbranched alkanes of at least 4 members (excludes halogenated alkanes) is 1. The van der Waals surface area contributed by atoms with Crippen LogP contribution in [0.15, 0.2) is 0 Å². The molecule has 1 unspecified atom stereocenters. The summed E-state index contributed by atoms with van der Waals surface area (Å²) in [5.41, 5.74) is 10.3. The molecule has 0 aromatic rings. The van der Waals surface area contributed by atoms with E-state index in [0.29, 0.717) is 13.0 Å². The average Bonchev–Trinajstić information content (AvgIpc) is 2.10. The van der Waals surface area contributed by atoms with Crippen LogP contribution >= 0.6 is 9.24 Å². The van der Waals surface area contributed by atoms with Crippen LogP contribution in [-0.4, -0.2) is 24.0 Å². The van der Waals surface area contributed by atoms with E-state index in [-0.39, 0.29) is 17.5 Å². The van der Waals surface area contributed by atoms with Crippen molar-refractivity contribution in [2.45, 2.75) is 32.2 Å². The van der Waals surface area contributed by atoms with Crippen LogP contribution in [-0.2, 0) is 9.59 Å². The standard InChI is InChI=1S/C8H18N3O2P/c1-6(12)10-11-7(8(13)14)4-2-3-5-9/h7,11H,2-5,9,14H2,1H3,(H,10,12)/t7-/m0/s1. The number of carbonyl (C=O) groups is 2. The minimum absolute atomic E-state index is 0.0595. The molecule has 5 nitrogen and oxygen atoms in total. The number of amides is 1. The lowest BCUT2D eigenvalue weighted by atomic mass is 10.1. The molecule has 0 saturated heterocycles. The van der Waals surface area contributed by atoms with Crippen LogP contribution in [0, 0.1) is 0 Å². The van der Waals surface area contributed by atoms with Gasteiger partial charge in [0.2, 0.25) is 5.91 Å². The molecule has 0 aliphatic carbocycles. The lowest BCUT2D eigenvalue weighted by Crippen LogP contribution is -2.46. The highest BCUT2D eigenvalue weighted by Gasteiger charge is 2.13. The maximum Gasteiger partial charge on any atom is 0.230 e. The smallest absolute Gasteiger partial charge is 0.230 e. The first kappa shape index (κ1) is 13.5. The fourth-order valence-electron chi connectivity index (χ4n) is 0.967. The zero-order valence-corrected chi connectivity index (χ0v) is 9.53. The summed E-state index contributed by atoms with van der Waals surface area (Å²) in [6, 6.07) is -0.338. The minimum atomic E-state index is -0.338. The van der Waals surface area contributed by atoms with Gasteiger partial charge in [-0.2, -0.15) is 0 Å². The van der Waals surface area contributed by atoms with Gasteiger partial charge in [0.15, 0.2) is 5.52 Å². The Kier molecular flexibility index (Phi) is 7.57. The molecule has 0 heterocycles. The fourth-order valence-corrected chi connectivity index (χ4v) is 1.22. The Bertz CT molecular complexity index is 199. The van der Waals surface area contributed by atoms with E-state index < -0.39 is 0 Å². The van der Waals surface area contributed by atoms with Gasteiger partial charge < -0.3 is 5.73 Å². The van der Waals surface area contributed by atoms with Gasteiger partial charge in [-0.25, -0.2) is 5.43 Å². The Morgan fingerprint density at radius 2 is 2.07 bits per heavy atom. The van der Waals surface area contributed by atoms with Crippen molar-refractivity contribution in [3.05, 3.63) is 0 Å². The van der Waals surface area contributed by atoms with Gasteiger partial charge in [0.1, 0.15) is 0 Å². The minimum Gasteiger partial charge on any atom is -0.330 e. The number of nitrogens with one attached hydrogen (secondary N) is 2. The third kappa shape index (κ3) is 6.95. The number of rotatable bonds is 7. The molecule has 0 aliphatic heterocycles. The average molecular weight is 219 g/mol. The van der Waals surface area contributed by atoms with E-state index in [2.05, 4.69) is 20.1 Å². The highest BCUT2D eigenvalue weighted by atomic mass is 31.0. The van der Waals surface area contributed by atoms with Gasteiger partial charge in [-0.05, 0) is 19.4 Å². The second-order valence-electron chi connectivity index (χ2n) is 3.06. The highest BCUT2D eigenvalue weighted by Crippen LogP contribution is 2.04. The summed E-state index contributed by atoms with van der Waals surface area (Å²) in [6.07, 6.45) is 2.43. The molecular formula is C8H18N3O2P. The Morgan fingerprint density at radius 1 is 1.43 bits per heavy atom. The van der Waals surface area contributed by atoms with E-state index in [4.69, 9.17) is 5.73 Å². The third-order valence-electron chi connectivity index (χ3n) is 1.71. The van der Waals surface area contributed by atoms with E-state index in [1.165, 1.54) is 6.92 Å². The summed E-state index contributed by atoms with van der Waals surface area (Å²) in [5, 5.41) is 0. The molecule has 14 heavy (non-hydrogen) atoms. The predicted molar refractivity (Wildman–Crippen MR) is 58.4 cm³/mol. The molecule has 4 N–H and O–H groups in total. The van der Waals surface area contributed by atoms with Gasteiger partial charge in [0.05, 0.1) is 6.04 Å². The highest BCUT2D eigenvalue weighted by molar-refractivity contribution is 7.40. The first-order chi connectivity index (χ1) is 6.57. The molecule has 82 valence electrons. The summed E-state index contributed by atoms with van der Waals surface area (Å²) < 4.78 is 0. The van der Waals surface area contributed by atoms with Gasteiger partial charge in [-0.3, -0.25) is 15.0 Å². The predicted octanol–water partition coefficient (Wildman–Crippen LogP) is -0.474. The molecule has 0 aromatic carbocycles. The Hall–Kier alpha value is -0.510. The lowest BCUT2D eigenvalue weighted by Gasteiger charge is -2.15. The van der Waals surface area contributed by atoms with E-state index in [0.717, 1.165) is 12.8 Å². The van der Waals surface area contributed by atoms with Crippen LogP contribution in [0.4, 0.5) is 0 Å². The first-order valence-electron chi connectivity index (χ1n) is 4.59. The number of nitrogens with two attached hydrogens (primary N) is 1. The van der Waals surface area contributed by atoms with Crippen molar-refractivity contribution in [1.29, 1.82) is 0 Å². The summed E-state index contributed by atoms with van der Waals surface area (Å²) in [6.45, 7) is 2.01. The third-order valence-corrected chi connectivity index (χ3v) is 2.12. The number of hydrazine groups is 1. The number of carbonyl (C=O) groups excluding carboxylic acids is 2. The van der Waals surface area contributed by atoms with E-state index in [1.807, 2.05) is 0 Å². The molecule has 0 fully saturated rings. The second kappa shape index (κ2) is 7.85. The Morgan fingerprint density at radius 3 is 2.50 bits per heavy atom. The molecule has 0 saturated carbocycles. The zero-order valence-electron chi connectivity index (χ0n) is 8.38. The van der Waals surface area contributed by atoms with Crippen LogP contribution in [0.5, 0.6) is 0 Å². The normalized spacial score (nSPS) is 12.2. The molecule has 1 amide bonds. The largest absolute Gasteiger partial charge is 0.330 e. The molecule has 0 aromatic heterocycles. The second-order valence-corrected chi connectivity index (χ2v) is 3.63. The molecule has 0 aliphatic rings. The Balaban J connectivity index is 3.78. The van der Waals surface area contributed by atoms with Crippen LogP contribution in [0.2, 0.25) is 0 Å². The van der Waals surface area contributed by atoms with Gasteiger partial charge in [-0.15, -0.1) is 0 Å². The van der Waals surface area contributed by atoms with E-state index >= 15 is 0 Å². The SMILES string of the molecule is CC(=O)NN[C@@H](CCCCN)C(=O)P. The van der Waals surface area contributed by atoms with Crippen molar-refractivity contribution < 1.29 is 9.59 Å². The summed E-state index contributed by atoms with van der Waals surface area (Å²) in [5.74, 6) is -0.208. The van der Waals surface area contributed by atoms with Gasteiger partial charge in [-0.1, -0.05) is 15.7 Å². The maximum atomic E-state index is 11.1. The van der Waals surface area contributed by atoms with Crippen LogP contribution < -0.4 is 16.6 Å². The monoisotopic (exact) mass is 219 g/mol. The van der Waals surface area contributed by atoms with Crippen molar-refractivity contribution >= 4 is 20.7 Å². The van der Waals surface area contributed by atoms with Crippen molar-refractivity contribution in [2.75, 3.05) is 6.54 Å². The molecule has 0 radical (unpaired) electrons. The molecule has 2 atom stereocenters. The number of hydrogen-bond donors (Lipinski definition) is 3. The number of hydrogen-bond acceptors (Lipinski definition) is 4. The van der Waals surface area contributed by atoms with Crippen LogP contribution in [0.25, 0.3) is 0 Å². The van der Waals surface area contributed by atoms with Crippen molar-refractivity contribution in [3.8, 4) is 0 Å². The fraction of sp³-hybridized carbons (Fsp3) is 0.750. The first-order valence-corrected chi connectivity index (χ1v) is 5.17. The van der Waals surface area contributed by atoms with Crippen LogP contribution in [0.1, 0.15) is 26.2 Å². The van der Waals surface area contributed by atoms with Crippen LogP contribution in [0.3, 0.4) is 0 Å². The zero-order chi connectivity index (χ0) is 11.0. The van der Waals surface area contributed by atoms with Crippen molar-refractivity contribution in [3.63, 3.8) is 0 Å². The molecule has 0 rings (SSSR count). The van der Waals surface area contributed by atoms with Crippen molar-refractivity contribution in [2.24, 2.45) is 5.73 Å². The van der Waals surface area contributed by atoms with E-state index in [1.54, 1.807) is 0 Å². The summed E-state index contributed by atoms with van der Waals surface area (Å²) in [7, 11) is 2.11. The molecule has 6 heteroatoms. The van der Waals surface area contributed by atoms with Crippen molar-refractivity contribution in [1.82, 2.24) is 10.9 Å². The quantitative estimate of drug-likeness (QED) is 0.307. The van der Waals surface area contributed by atoms with Gasteiger partial charge in [0, 0.05) is 6.92 Å².